The molecule has 1 saturated heterocycles. The average Bonchev–Trinajstić information content (AvgIpc) is 2.99. The number of rotatable bonds is 6. The number of ether oxygens (including phenoxy) is 2. The first-order valence-corrected chi connectivity index (χ1v) is 9.54. The van der Waals surface area contributed by atoms with Gasteiger partial charge in [0.1, 0.15) is 5.56 Å². The second-order valence-electron chi connectivity index (χ2n) is 5.72. The molecule has 0 spiro atoms. The number of carboxylic acid groups (broad SMARTS) is 1. The average molecular weight is 428 g/mol. The predicted octanol–water partition coefficient (Wildman–Crippen LogP) is 3.64. The second-order valence-corrected chi connectivity index (χ2v) is 7.39. The molecule has 0 radical (unpaired) electrons. The van der Waals surface area contributed by atoms with E-state index in [1.165, 1.54) is 26.5 Å². The minimum atomic E-state index is -1.20. The van der Waals surface area contributed by atoms with E-state index in [0.29, 0.717) is 5.56 Å². The summed E-state index contributed by atoms with van der Waals surface area (Å²) in [6.07, 6.45) is 3.00. The number of methoxy groups -OCH3 is 2. The van der Waals surface area contributed by atoms with Gasteiger partial charge in [-0.2, -0.15) is 10.1 Å². The molecule has 0 aromatic heterocycles. The third-order valence-electron chi connectivity index (χ3n) is 3.97. The van der Waals surface area contributed by atoms with Crippen LogP contribution in [0, 0.1) is 0 Å². The first-order valence-electron chi connectivity index (χ1n) is 8.31. The van der Waals surface area contributed by atoms with Gasteiger partial charge in [-0.1, -0.05) is 48.2 Å². The number of thiocarbonyl (C=S) groups is 1. The lowest BCUT2D eigenvalue weighted by atomic mass is 10.0. The Balaban J connectivity index is 1.96. The largest absolute Gasteiger partial charge is 0.493 e. The van der Waals surface area contributed by atoms with Crippen LogP contribution in [-0.2, 0) is 4.79 Å². The summed E-state index contributed by atoms with van der Waals surface area (Å²) in [6.45, 7) is 0. The predicted molar refractivity (Wildman–Crippen MR) is 116 cm³/mol. The molecule has 29 heavy (non-hydrogen) atoms. The van der Waals surface area contributed by atoms with Crippen LogP contribution in [0.2, 0.25) is 0 Å². The van der Waals surface area contributed by atoms with Crippen LogP contribution in [-0.4, -0.2) is 46.7 Å². The van der Waals surface area contributed by atoms with E-state index in [2.05, 4.69) is 5.10 Å². The summed E-state index contributed by atoms with van der Waals surface area (Å²) >= 11 is 6.30. The van der Waals surface area contributed by atoms with E-state index in [0.717, 1.165) is 22.3 Å². The van der Waals surface area contributed by atoms with Crippen molar-refractivity contribution in [2.24, 2.45) is 5.10 Å². The van der Waals surface area contributed by atoms with Gasteiger partial charge in [-0.3, -0.25) is 4.79 Å². The molecule has 0 unspecified atom stereocenters. The number of hydrazone groups is 1. The molecule has 0 aliphatic carbocycles. The van der Waals surface area contributed by atoms with E-state index in [-0.39, 0.29) is 26.3 Å². The van der Waals surface area contributed by atoms with Gasteiger partial charge in [0, 0.05) is 0 Å². The number of carbonyl (C=O) groups excluding carboxylic acids is 1. The Morgan fingerprint density at radius 1 is 1.17 bits per heavy atom. The molecule has 1 N–H and O–H groups in total. The lowest BCUT2D eigenvalue weighted by Gasteiger charge is -2.12. The number of hydrogen-bond donors (Lipinski definition) is 1. The fourth-order valence-corrected chi connectivity index (χ4v) is 3.81. The summed E-state index contributed by atoms with van der Waals surface area (Å²) in [5, 5.41) is 14.9. The van der Waals surface area contributed by atoms with Gasteiger partial charge in [0.05, 0.1) is 25.3 Å². The maximum atomic E-state index is 12.7. The highest BCUT2D eigenvalue weighted by Gasteiger charge is 2.33. The van der Waals surface area contributed by atoms with Gasteiger partial charge in [-0.25, -0.2) is 4.79 Å². The van der Waals surface area contributed by atoms with Crippen LogP contribution in [0.25, 0.3) is 6.08 Å². The van der Waals surface area contributed by atoms with E-state index >= 15 is 0 Å². The van der Waals surface area contributed by atoms with Crippen LogP contribution in [0.4, 0.5) is 0 Å². The maximum Gasteiger partial charge on any atom is 0.340 e. The normalized spacial score (nSPS) is 15.4. The quantitative estimate of drug-likeness (QED) is 0.427. The van der Waals surface area contributed by atoms with Crippen molar-refractivity contribution >= 4 is 52.5 Å². The van der Waals surface area contributed by atoms with Gasteiger partial charge in [0.2, 0.25) is 0 Å². The summed E-state index contributed by atoms with van der Waals surface area (Å²) in [7, 11) is 2.77. The Bertz CT molecular complexity index is 1030. The van der Waals surface area contributed by atoms with Gasteiger partial charge >= 0.3 is 5.97 Å². The molecule has 1 aliphatic heterocycles. The lowest BCUT2D eigenvalue weighted by Crippen LogP contribution is -2.22. The maximum absolute atomic E-state index is 12.7. The number of amides is 1. The van der Waals surface area contributed by atoms with Crippen LogP contribution in [0.3, 0.4) is 0 Å². The number of carbonyl (C=O) groups is 2. The zero-order valence-electron chi connectivity index (χ0n) is 15.5. The van der Waals surface area contributed by atoms with Crippen LogP contribution in [0.5, 0.6) is 11.5 Å². The van der Waals surface area contributed by atoms with Gasteiger partial charge in [-0.15, -0.1) is 0 Å². The molecule has 0 saturated carbocycles. The van der Waals surface area contributed by atoms with Gasteiger partial charge in [0.25, 0.3) is 5.91 Å². The third-order valence-corrected chi connectivity index (χ3v) is 5.26. The van der Waals surface area contributed by atoms with Crippen molar-refractivity contribution in [1.29, 1.82) is 0 Å². The van der Waals surface area contributed by atoms with Crippen LogP contribution >= 0.6 is 24.0 Å². The van der Waals surface area contributed by atoms with Crippen molar-refractivity contribution in [2.75, 3.05) is 14.2 Å². The summed E-state index contributed by atoms with van der Waals surface area (Å²) in [5.41, 5.74) is 1.01. The molecule has 1 aliphatic rings. The molecule has 1 amide bonds. The minimum Gasteiger partial charge on any atom is -0.493 e. The lowest BCUT2D eigenvalue weighted by molar-refractivity contribution is -0.122. The molecule has 1 fully saturated rings. The SMILES string of the molecule is COc1ccc(/C=C2/SC(=S)N(/N=C/c3ccccc3)C2=O)c(C(=O)O)c1OC. The highest BCUT2D eigenvalue weighted by atomic mass is 32.2. The van der Waals surface area contributed by atoms with Crippen molar-refractivity contribution in [3.8, 4) is 11.5 Å². The zero-order chi connectivity index (χ0) is 21.0. The fraction of sp³-hybridized carbons (Fsp3) is 0.100. The summed E-state index contributed by atoms with van der Waals surface area (Å²) in [5.74, 6) is -1.28. The number of aromatic carboxylic acids is 1. The molecule has 9 heteroatoms. The van der Waals surface area contributed by atoms with Crippen molar-refractivity contribution in [1.82, 2.24) is 5.01 Å². The van der Waals surface area contributed by atoms with Gasteiger partial charge in [-0.05, 0) is 35.5 Å². The number of thioether (sulfide) groups is 1. The van der Waals surface area contributed by atoms with E-state index in [1.807, 2.05) is 30.3 Å². The fourth-order valence-electron chi connectivity index (χ4n) is 2.65. The zero-order valence-corrected chi connectivity index (χ0v) is 17.1. The van der Waals surface area contributed by atoms with Crippen LogP contribution in [0.1, 0.15) is 21.5 Å². The Labute approximate surface area is 176 Å². The molecule has 0 bridgehead atoms. The molecule has 1 heterocycles. The Kier molecular flexibility index (Phi) is 6.30. The highest BCUT2D eigenvalue weighted by molar-refractivity contribution is 8.26. The second kappa shape index (κ2) is 8.89. The molecule has 0 atom stereocenters. The molecule has 148 valence electrons. The van der Waals surface area contributed by atoms with Crippen LogP contribution < -0.4 is 9.47 Å². The molecule has 2 aromatic rings. The summed E-state index contributed by atoms with van der Waals surface area (Å²) < 4.78 is 10.6. The molecule has 2 aromatic carbocycles. The first kappa shape index (κ1) is 20.6. The highest BCUT2D eigenvalue weighted by Crippen LogP contribution is 2.37. The van der Waals surface area contributed by atoms with Crippen molar-refractivity contribution in [3.05, 3.63) is 64.1 Å². The number of nitrogens with zero attached hydrogens (tertiary/aromatic N) is 2. The van der Waals surface area contributed by atoms with E-state index in [4.69, 9.17) is 21.7 Å². The molecule has 3 rings (SSSR count). The monoisotopic (exact) mass is 428 g/mol. The standard InChI is InChI=1S/C20H16N2O5S2/c1-26-14-9-8-13(16(19(24)25)17(14)27-2)10-15-18(23)22(20(28)29-15)21-11-12-6-4-3-5-7-12/h3-11H,1-2H3,(H,24,25)/b15-10+,21-11+. The number of benzene rings is 2. The van der Waals surface area contributed by atoms with Gasteiger partial charge in [0.15, 0.2) is 15.8 Å². The molecular weight excluding hydrogens is 412 g/mol. The summed E-state index contributed by atoms with van der Waals surface area (Å²) in [4.78, 5) is 24.8. The molecule has 7 nitrogen and oxygen atoms in total. The van der Waals surface area contributed by atoms with E-state index in [9.17, 15) is 14.7 Å². The first-order chi connectivity index (χ1) is 14.0. The summed E-state index contributed by atoms with van der Waals surface area (Å²) in [6, 6.07) is 12.4. The van der Waals surface area contributed by atoms with Gasteiger partial charge < -0.3 is 14.6 Å². The Morgan fingerprint density at radius 3 is 2.52 bits per heavy atom. The third kappa shape index (κ3) is 4.30. The van der Waals surface area contributed by atoms with E-state index < -0.39 is 11.9 Å². The minimum absolute atomic E-state index is 0.0753. The van der Waals surface area contributed by atoms with E-state index in [1.54, 1.807) is 12.1 Å². The Hall–Kier alpha value is -3.17. The topological polar surface area (TPSA) is 88.4 Å². The Morgan fingerprint density at radius 2 is 1.90 bits per heavy atom. The number of carboxylic acids is 1. The molecular formula is C20H16N2O5S2. The van der Waals surface area contributed by atoms with Crippen LogP contribution in [0.15, 0.2) is 52.5 Å². The van der Waals surface area contributed by atoms with Crippen molar-refractivity contribution in [3.63, 3.8) is 0 Å². The number of hydrogen-bond acceptors (Lipinski definition) is 7. The van der Waals surface area contributed by atoms with Crippen molar-refractivity contribution < 1.29 is 24.2 Å². The smallest absolute Gasteiger partial charge is 0.340 e. The van der Waals surface area contributed by atoms with Crippen molar-refractivity contribution in [2.45, 2.75) is 0 Å².